The van der Waals surface area contributed by atoms with Gasteiger partial charge in [-0.2, -0.15) is 9.97 Å². The monoisotopic (exact) mass is 943 g/mol. The Hall–Kier alpha value is -9.97. The number of benzene rings is 11. The molecule has 5 nitrogen and oxygen atoms in total. The summed E-state index contributed by atoms with van der Waals surface area (Å²) in [7, 11) is 0. The summed E-state index contributed by atoms with van der Waals surface area (Å²) in [5, 5.41) is 4.49. The fourth-order valence-corrected chi connectivity index (χ4v) is 11.1. The Kier molecular flexibility index (Phi) is 10.4. The van der Waals surface area contributed by atoms with E-state index in [2.05, 4.69) is 258 Å². The van der Waals surface area contributed by atoms with Crippen molar-refractivity contribution in [3.8, 4) is 90.0 Å². The number of para-hydroxylation sites is 2. The van der Waals surface area contributed by atoms with E-state index in [1.807, 2.05) is 24.3 Å². The molecule has 0 radical (unpaired) electrons. The van der Waals surface area contributed by atoms with Gasteiger partial charge < -0.3 is 4.57 Å². The highest BCUT2D eigenvalue weighted by molar-refractivity contribution is 6.23. The predicted molar refractivity (Wildman–Crippen MR) is 307 cm³/mol. The summed E-state index contributed by atoms with van der Waals surface area (Å²) < 4.78 is 4.77. The molecule has 0 spiro atoms. The van der Waals surface area contributed by atoms with Gasteiger partial charge in [0, 0.05) is 38.4 Å². The normalized spacial score (nSPS) is 11.5. The van der Waals surface area contributed by atoms with Crippen LogP contribution in [0.25, 0.3) is 134 Å². The number of rotatable bonds is 9. The zero-order chi connectivity index (χ0) is 49.0. The lowest BCUT2D eigenvalue weighted by atomic mass is 9.89. The first-order chi connectivity index (χ1) is 36.7. The fraction of sp³-hybridized carbons (Fsp3) is 0. The smallest absolute Gasteiger partial charge is 0.238 e. The third-order valence-electron chi connectivity index (χ3n) is 14.4. The molecular formula is C69H45N5. The molecule has 0 amide bonds. The maximum Gasteiger partial charge on any atom is 0.238 e. The molecule has 0 unspecified atom stereocenters. The molecule has 0 saturated heterocycles. The number of fused-ring (bicyclic) bond motifs is 7. The van der Waals surface area contributed by atoms with Crippen molar-refractivity contribution in [2.75, 3.05) is 0 Å². The van der Waals surface area contributed by atoms with Crippen molar-refractivity contribution in [2.24, 2.45) is 0 Å². The highest BCUT2D eigenvalue weighted by Crippen LogP contribution is 2.45. The number of hydrogen-bond acceptors (Lipinski definition) is 3. The lowest BCUT2D eigenvalue weighted by molar-refractivity contribution is 0.953. The highest BCUT2D eigenvalue weighted by Gasteiger charge is 2.25. The van der Waals surface area contributed by atoms with Crippen LogP contribution in [0.3, 0.4) is 0 Å². The van der Waals surface area contributed by atoms with Crippen LogP contribution in [0.5, 0.6) is 0 Å². The average molecular weight is 944 g/mol. The summed E-state index contributed by atoms with van der Waals surface area (Å²) >= 11 is 0. The molecule has 0 atom stereocenters. The van der Waals surface area contributed by atoms with Crippen LogP contribution in [-0.4, -0.2) is 24.1 Å². The Morgan fingerprint density at radius 1 is 0.230 bits per heavy atom. The van der Waals surface area contributed by atoms with Gasteiger partial charge in [-0.25, -0.2) is 4.98 Å². The molecule has 0 aliphatic rings. The van der Waals surface area contributed by atoms with Gasteiger partial charge in [0.05, 0.1) is 22.1 Å². The Balaban J connectivity index is 1.10. The molecular weight excluding hydrogens is 899 g/mol. The van der Waals surface area contributed by atoms with Crippen LogP contribution in [-0.2, 0) is 0 Å². The summed E-state index contributed by atoms with van der Waals surface area (Å²) in [6.45, 7) is 0. The van der Waals surface area contributed by atoms with E-state index < -0.39 is 0 Å². The molecule has 0 bridgehead atoms. The van der Waals surface area contributed by atoms with E-state index in [1.54, 1.807) is 0 Å². The molecule has 0 saturated carbocycles. The second-order valence-corrected chi connectivity index (χ2v) is 18.7. The average Bonchev–Trinajstić information content (AvgIpc) is 4.02. The van der Waals surface area contributed by atoms with Gasteiger partial charge >= 0.3 is 0 Å². The van der Waals surface area contributed by atoms with E-state index >= 15 is 0 Å². The van der Waals surface area contributed by atoms with Crippen molar-refractivity contribution < 1.29 is 0 Å². The number of aromatic nitrogens is 5. The Bertz CT molecular complexity index is 4300. The van der Waals surface area contributed by atoms with Crippen LogP contribution in [0.2, 0.25) is 0 Å². The van der Waals surface area contributed by atoms with Crippen LogP contribution in [0.15, 0.2) is 273 Å². The molecule has 3 aromatic heterocycles. The van der Waals surface area contributed by atoms with E-state index in [4.69, 9.17) is 15.0 Å². The molecule has 0 aliphatic heterocycles. The summed E-state index contributed by atoms with van der Waals surface area (Å²) in [5.41, 5.74) is 18.4. The Morgan fingerprint density at radius 3 is 1.07 bits per heavy atom. The van der Waals surface area contributed by atoms with E-state index in [0.717, 1.165) is 93.8 Å². The minimum atomic E-state index is 0.537. The topological polar surface area (TPSA) is 48.5 Å². The summed E-state index contributed by atoms with van der Waals surface area (Å²) in [5.74, 6) is 1.73. The first kappa shape index (κ1) is 42.9. The zero-order valence-electron chi connectivity index (χ0n) is 40.2. The van der Waals surface area contributed by atoms with E-state index in [0.29, 0.717) is 17.6 Å². The molecule has 14 aromatic rings. The van der Waals surface area contributed by atoms with Crippen molar-refractivity contribution in [3.63, 3.8) is 0 Å². The standard InChI is InChI=1S/C69H45N5/c1-5-23-46(24-6-1)53-31-13-15-34-56(53)50-43-51(57-35-16-14-32-54(57)47-25-7-2-8-26-47)45-52(44-50)73-63-39-21-19-36-58(63)60-41-42-61-59-37-20-22-40-64(59)74(66(61)65(60)73)69-71-67(49-29-11-4-12-30-49)70-68(72-69)62-38-18-17-33-55(62)48-27-9-3-10-28-48/h1-45H. The molecule has 74 heavy (non-hydrogen) atoms. The Labute approximate surface area is 428 Å². The summed E-state index contributed by atoms with van der Waals surface area (Å²) in [6.07, 6.45) is 0. The molecule has 11 aromatic carbocycles. The predicted octanol–water partition coefficient (Wildman–Crippen LogP) is 17.7. The van der Waals surface area contributed by atoms with Gasteiger partial charge in [0.2, 0.25) is 5.95 Å². The van der Waals surface area contributed by atoms with Crippen LogP contribution >= 0.6 is 0 Å². The third kappa shape index (κ3) is 7.29. The molecule has 3 heterocycles. The number of nitrogens with zero attached hydrogens (tertiary/aromatic N) is 5. The van der Waals surface area contributed by atoms with E-state index in [9.17, 15) is 0 Å². The maximum atomic E-state index is 5.54. The quantitative estimate of drug-likeness (QED) is 0.145. The minimum Gasteiger partial charge on any atom is -0.307 e. The minimum absolute atomic E-state index is 0.537. The van der Waals surface area contributed by atoms with Gasteiger partial charge in [-0.05, 0) is 86.0 Å². The van der Waals surface area contributed by atoms with Crippen LogP contribution in [0.1, 0.15) is 0 Å². The highest BCUT2D eigenvalue weighted by atomic mass is 15.2. The first-order valence-corrected chi connectivity index (χ1v) is 25.1. The first-order valence-electron chi connectivity index (χ1n) is 25.1. The molecule has 346 valence electrons. The van der Waals surface area contributed by atoms with Gasteiger partial charge in [-0.3, -0.25) is 4.57 Å². The SMILES string of the molecule is c1ccc(-c2nc(-c3ccccc3-c3ccccc3)nc(-n3c4ccccc4c4ccc5c6ccccc6n(-c6cc(-c7ccccc7-c7ccccc7)cc(-c7ccccc7-c7ccccc7)c6)c5c43)n2)cc1. The van der Waals surface area contributed by atoms with Crippen molar-refractivity contribution in [2.45, 2.75) is 0 Å². The van der Waals surface area contributed by atoms with Crippen molar-refractivity contribution in [1.29, 1.82) is 0 Å². The van der Waals surface area contributed by atoms with Crippen LogP contribution in [0.4, 0.5) is 0 Å². The van der Waals surface area contributed by atoms with Gasteiger partial charge in [0.15, 0.2) is 11.6 Å². The second kappa shape index (κ2) is 18.0. The van der Waals surface area contributed by atoms with E-state index in [1.165, 1.54) is 22.3 Å². The summed E-state index contributed by atoms with van der Waals surface area (Å²) in [6, 6.07) is 97.3. The van der Waals surface area contributed by atoms with Crippen molar-refractivity contribution >= 4 is 43.6 Å². The van der Waals surface area contributed by atoms with Crippen molar-refractivity contribution in [1.82, 2.24) is 24.1 Å². The van der Waals surface area contributed by atoms with Gasteiger partial charge in [-0.15, -0.1) is 0 Å². The molecule has 0 aliphatic carbocycles. The summed E-state index contributed by atoms with van der Waals surface area (Å²) in [4.78, 5) is 16.3. The van der Waals surface area contributed by atoms with Gasteiger partial charge in [0.25, 0.3) is 0 Å². The molecule has 0 fully saturated rings. The van der Waals surface area contributed by atoms with Gasteiger partial charge in [-0.1, -0.05) is 243 Å². The largest absolute Gasteiger partial charge is 0.307 e. The lowest BCUT2D eigenvalue weighted by Gasteiger charge is -2.18. The Morgan fingerprint density at radius 2 is 0.581 bits per heavy atom. The van der Waals surface area contributed by atoms with Crippen LogP contribution < -0.4 is 0 Å². The van der Waals surface area contributed by atoms with Crippen molar-refractivity contribution in [3.05, 3.63) is 273 Å². The number of hydrogen-bond donors (Lipinski definition) is 0. The fourth-order valence-electron chi connectivity index (χ4n) is 11.1. The van der Waals surface area contributed by atoms with Gasteiger partial charge in [0.1, 0.15) is 0 Å². The molecule has 0 N–H and O–H groups in total. The van der Waals surface area contributed by atoms with Crippen LogP contribution in [0, 0.1) is 0 Å². The molecule has 14 rings (SSSR count). The second-order valence-electron chi connectivity index (χ2n) is 18.7. The zero-order valence-corrected chi connectivity index (χ0v) is 40.2. The lowest BCUT2D eigenvalue weighted by Crippen LogP contribution is -2.07. The van der Waals surface area contributed by atoms with E-state index in [-0.39, 0.29) is 0 Å². The third-order valence-corrected chi connectivity index (χ3v) is 14.4. The maximum absolute atomic E-state index is 5.54. The molecule has 5 heteroatoms.